The zero-order valence-electron chi connectivity index (χ0n) is 16.5. The van der Waals surface area contributed by atoms with Crippen molar-refractivity contribution in [3.8, 4) is 11.3 Å². The van der Waals surface area contributed by atoms with Crippen LogP contribution in [0.1, 0.15) is 42.3 Å². The molecule has 1 amide bonds. The summed E-state index contributed by atoms with van der Waals surface area (Å²) < 4.78 is 7.20. The molecule has 0 radical (unpaired) electrons. The van der Waals surface area contributed by atoms with Crippen LogP contribution in [0.2, 0.25) is 0 Å². The summed E-state index contributed by atoms with van der Waals surface area (Å²) in [5, 5.41) is 18.0. The van der Waals surface area contributed by atoms with Gasteiger partial charge in [0.2, 0.25) is 5.91 Å². The summed E-state index contributed by atoms with van der Waals surface area (Å²) in [7, 11) is 0. The number of hydrogen-bond donors (Lipinski definition) is 1. The zero-order valence-corrected chi connectivity index (χ0v) is 16.5. The number of hydrogen-bond acceptors (Lipinski definition) is 6. The van der Waals surface area contributed by atoms with Crippen molar-refractivity contribution < 1.29 is 14.4 Å². The smallest absolute Gasteiger partial charge is 0.227 e. The molecule has 1 saturated heterocycles. The molecule has 29 heavy (non-hydrogen) atoms. The quantitative estimate of drug-likeness (QED) is 0.689. The Kier molecular flexibility index (Phi) is 5.71. The van der Waals surface area contributed by atoms with Crippen LogP contribution in [-0.4, -0.2) is 49.0 Å². The first kappa shape index (κ1) is 19.3. The average molecular weight is 395 g/mol. The van der Waals surface area contributed by atoms with Crippen molar-refractivity contribution in [1.82, 2.24) is 24.8 Å². The third kappa shape index (κ3) is 4.22. The van der Waals surface area contributed by atoms with Crippen LogP contribution in [0.5, 0.6) is 0 Å². The van der Waals surface area contributed by atoms with Gasteiger partial charge in [0.25, 0.3) is 0 Å². The van der Waals surface area contributed by atoms with Gasteiger partial charge in [-0.25, -0.2) is 0 Å². The average Bonchev–Trinajstić information content (AvgIpc) is 3.35. The van der Waals surface area contributed by atoms with Crippen LogP contribution in [0.15, 0.2) is 41.3 Å². The van der Waals surface area contributed by atoms with Crippen LogP contribution in [0, 0.1) is 6.92 Å². The molecule has 4 rings (SSSR count). The van der Waals surface area contributed by atoms with Crippen LogP contribution in [0.3, 0.4) is 0 Å². The predicted molar refractivity (Wildman–Crippen MR) is 106 cm³/mol. The van der Waals surface area contributed by atoms with E-state index >= 15 is 0 Å². The molecule has 0 bridgehead atoms. The molecule has 1 aliphatic rings. The molecule has 1 fully saturated rings. The number of aliphatic hydroxyl groups is 1. The summed E-state index contributed by atoms with van der Waals surface area (Å²) in [5.74, 6) is 0.700. The van der Waals surface area contributed by atoms with Crippen molar-refractivity contribution in [2.45, 2.75) is 45.2 Å². The molecule has 3 aromatic rings. The normalized spacial score (nSPS) is 16.9. The lowest BCUT2D eigenvalue weighted by Crippen LogP contribution is -2.39. The van der Waals surface area contributed by atoms with Crippen molar-refractivity contribution in [3.63, 3.8) is 0 Å². The highest BCUT2D eigenvalue weighted by molar-refractivity contribution is 5.79. The van der Waals surface area contributed by atoms with Gasteiger partial charge in [-0.3, -0.25) is 14.5 Å². The Bertz CT molecular complexity index is 966. The van der Waals surface area contributed by atoms with Crippen LogP contribution in [0.4, 0.5) is 0 Å². The van der Waals surface area contributed by atoms with Crippen molar-refractivity contribution in [2.75, 3.05) is 13.2 Å². The highest BCUT2D eigenvalue weighted by atomic mass is 16.5. The lowest BCUT2D eigenvalue weighted by Gasteiger charge is -2.35. The third-order valence-electron chi connectivity index (χ3n) is 5.23. The molecule has 1 unspecified atom stereocenters. The van der Waals surface area contributed by atoms with E-state index in [1.54, 1.807) is 17.1 Å². The Hall–Kier alpha value is -3.00. The van der Waals surface area contributed by atoms with Crippen molar-refractivity contribution >= 4 is 5.91 Å². The molecule has 4 heterocycles. The fourth-order valence-electron chi connectivity index (χ4n) is 3.87. The maximum absolute atomic E-state index is 13.1. The molecule has 3 aromatic heterocycles. The number of piperidine rings is 1. The number of nitrogens with zero attached hydrogens (tertiary/aromatic N) is 5. The molecule has 0 spiro atoms. The van der Waals surface area contributed by atoms with Crippen molar-refractivity contribution in [1.29, 1.82) is 0 Å². The minimum Gasteiger partial charge on any atom is -0.394 e. The lowest BCUT2D eigenvalue weighted by atomic mass is 9.95. The topological polar surface area (TPSA) is 97.3 Å². The minimum absolute atomic E-state index is 0.00961. The second kappa shape index (κ2) is 8.57. The molecule has 8 heteroatoms. The second-order valence-electron chi connectivity index (χ2n) is 7.38. The zero-order chi connectivity index (χ0) is 20.2. The number of likely N-dealkylation sites (tertiary alicyclic amines) is 1. The number of aromatic nitrogens is 4. The number of amides is 1. The molecule has 1 aliphatic heterocycles. The third-order valence-corrected chi connectivity index (χ3v) is 5.23. The Morgan fingerprint density at radius 1 is 1.38 bits per heavy atom. The van der Waals surface area contributed by atoms with Crippen LogP contribution in [0.25, 0.3) is 11.3 Å². The summed E-state index contributed by atoms with van der Waals surface area (Å²) in [6.45, 7) is 2.95. The first-order chi connectivity index (χ1) is 14.2. The highest BCUT2D eigenvalue weighted by Gasteiger charge is 2.32. The summed E-state index contributed by atoms with van der Waals surface area (Å²) in [4.78, 5) is 19.2. The van der Waals surface area contributed by atoms with E-state index in [-0.39, 0.29) is 18.6 Å². The van der Waals surface area contributed by atoms with E-state index in [4.69, 9.17) is 9.62 Å². The van der Waals surface area contributed by atoms with E-state index in [0.29, 0.717) is 25.3 Å². The number of pyridine rings is 1. The van der Waals surface area contributed by atoms with Gasteiger partial charge < -0.3 is 14.5 Å². The molecule has 152 valence electrons. The highest BCUT2D eigenvalue weighted by Crippen LogP contribution is 2.36. The standard InChI is InChI=1S/C21H25N5O3/c1-15-11-19(29-24-15)17-14-25(9-10-27)23-21(17)18-6-2-3-8-26(18)20(28)12-16-5-4-7-22-13-16/h4-5,7,11,13-14,18,27H,2-3,6,8-10,12H2,1H3. The monoisotopic (exact) mass is 395 g/mol. The van der Waals surface area contributed by atoms with Gasteiger partial charge in [0.15, 0.2) is 5.76 Å². The van der Waals surface area contributed by atoms with E-state index in [9.17, 15) is 9.90 Å². The molecular weight excluding hydrogens is 370 g/mol. The molecule has 8 nitrogen and oxygen atoms in total. The van der Waals surface area contributed by atoms with E-state index in [2.05, 4.69) is 10.1 Å². The van der Waals surface area contributed by atoms with E-state index in [1.807, 2.05) is 36.2 Å². The van der Waals surface area contributed by atoms with Gasteiger partial charge in [-0.2, -0.15) is 5.10 Å². The summed E-state index contributed by atoms with van der Waals surface area (Å²) in [6.07, 6.45) is 8.47. The van der Waals surface area contributed by atoms with Gasteiger partial charge in [-0.1, -0.05) is 11.2 Å². The van der Waals surface area contributed by atoms with Gasteiger partial charge >= 0.3 is 0 Å². The summed E-state index contributed by atoms with van der Waals surface area (Å²) in [5.41, 5.74) is 3.31. The molecule has 1 N–H and O–H groups in total. The molecular formula is C21H25N5O3. The largest absolute Gasteiger partial charge is 0.394 e. The maximum Gasteiger partial charge on any atom is 0.227 e. The Balaban J connectivity index is 1.66. The fraction of sp³-hybridized carbons (Fsp3) is 0.429. The number of aliphatic hydroxyl groups excluding tert-OH is 1. The first-order valence-electron chi connectivity index (χ1n) is 9.96. The van der Waals surface area contributed by atoms with E-state index < -0.39 is 0 Å². The van der Waals surface area contributed by atoms with Crippen molar-refractivity contribution in [2.24, 2.45) is 0 Å². The first-order valence-corrected chi connectivity index (χ1v) is 9.96. The Morgan fingerprint density at radius 2 is 2.28 bits per heavy atom. The SMILES string of the molecule is Cc1cc(-c2cn(CCO)nc2C2CCCCN2C(=O)Cc2cccnc2)on1. The number of rotatable bonds is 6. The van der Waals surface area contributed by atoms with Crippen molar-refractivity contribution in [3.05, 3.63) is 53.7 Å². The van der Waals surface area contributed by atoms with E-state index in [0.717, 1.165) is 41.8 Å². The number of aryl methyl sites for hydroxylation is 1. The number of carbonyl (C=O) groups excluding carboxylic acids is 1. The second-order valence-corrected chi connectivity index (χ2v) is 7.38. The fourth-order valence-corrected chi connectivity index (χ4v) is 3.87. The van der Waals surface area contributed by atoms with Crippen LogP contribution < -0.4 is 0 Å². The summed E-state index contributed by atoms with van der Waals surface area (Å²) in [6, 6.07) is 5.50. The maximum atomic E-state index is 13.1. The summed E-state index contributed by atoms with van der Waals surface area (Å²) >= 11 is 0. The van der Waals surface area contributed by atoms with E-state index in [1.165, 1.54) is 0 Å². The van der Waals surface area contributed by atoms with Gasteiger partial charge in [0, 0.05) is 31.2 Å². The van der Waals surface area contributed by atoms with Gasteiger partial charge in [0.05, 0.1) is 42.6 Å². The molecule has 0 aromatic carbocycles. The minimum atomic E-state index is -0.131. The Morgan fingerprint density at radius 3 is 3.00 bits per heavy atom. The van der Waals surface area contributed by atoms with Gasteiger partial charge in [-0.15, -0.1) is 0 Å². The van der Waals surface area contributed by atoms with Crippen LogP contribution in [-0.2, 0) is 17.8 Å². The molecule has 1 atom stereocenters. The molecule has 0 saturated carbocycles. The molecule has 0 aliphatic carbocycles. The van der Waals surface area contributed by atoms with Gasteiger partial charge in [0.1, 0.15) is 0 Å². The Labute approximate surface area is 169 Å². The van der Waals surface area contributed by atoms with Crippen LogP contribution >= 0.6 is 0 Å². The predicted octanol–water partition coefficient (Wildman–Crippen LogP) is 2.53. The number of carbonyl (C=O) groups is 1. The van der Waals surface area contributed by atoms with Gasteiger partial charge in [-0.05, 0) is 37.8 Å². The lowest BCUT2D eigenvalue weighted by molar-refractivity contribution is -0.134.